The summed E-state index contributed by atoms with van der Waals surface area (Å²) in [5.74, 6) is -1.45. The summed E-state index contributed by atoms with van der Waals surface area (Å²) in [6.45, 7) is 3.89. The standard InChI is InChI=1S/C16H23NO4/c1-16(2,17-3)13(15(19)20-4)10-14(18)21-11-12-8-6-5-7-9-12/h5-9,13,17H,10-11H2,1-4H3. The van der Waals surface area contributed by atoms with Crippen molar-refractivity contribution in [1.29, 1.82) is 0 Å². The lowest BCUT2D eigenvalue weighted by Gasteiger charge is -2.31. The van der Waals surface area contributed by atoms with Crippen LogP contribution in [0.5, 0.6) is 0 Å². The number of hydrogen-bond donors (Lipinski definition) is 1. The van der Waals surface area contributed by atoms with Gasteiger partial charge in [0, 0.05) is 5.54 Å². The van der Waals surface area contributed by atoms with E-state index in [4.69, 9.17) is 9.47 Å². The summed E-state index contributed by atoms with van der Waals surface area (Å²) >= 11 is 0. The lowest BCUT2D eigenvalue weighted by atomic mass is 9.85. The highest BCUT2D eigenvalue weighted by Gasteiger charge is 2.37. The molecular weight excluding hydrogens is 270 g/mol. The van der Waals surface area contributed by atoms with Crippen molar-refractivity contribution in [2.75, 3.05) is 14.2 Å². The van der Waals surface area contributed by atoms with Gasteiger partial charge in [0.15, 0.2) is 0 Å². The van der Waals surface area contributed by atoms with Gasteiger partial charge in [-0.15, -0.1) is 0 Å². The third-order valence-corrected chi connectivity index (χ3v) is 3.61. The molecule has 1 aromatic rings. The molecule has 0 bridgehead atoms. The molecule has 5 heteroatoms. The summed E-state index contributed by atoms with van der Waals surface area (Å²) < 4.78 is 10.00. The minimum Gasteiger partial charge on any atom is -0.469 e. The van der Waals surface area contributed by atoms with Crippen LogP contribution < -0.4 is 5.32 Å². The quantitative estimate of drug-likeness (QED) is 0.778. The minimum atomic E-state index is -0.601. The Morgan fingerprint density at radius 3 is 2.38 bits per heavy atom. The van der Waals surface area contributed by atoms with E-state index in [1.54, 1.807) is 7.05 Å². The van der Waals surface area contributed by atoms with Crippen molar-refractivity contribution in [3.05, 3.63) is 35.9 Å². The highest BCUT2D eigenvalue weighted by atomic mass is 16.5. The zero-order valence-corrected chi connectivity index (χ0v) is 13.0. The van der Waals surface area contributed by atoms with Gasteiger partial charge < -0.3 is 14.8 Å². The van der Waals surface area contributed by atoms with Crippen molar-refractivity contribution >= 4 is 11.9 Å². The second-order valence-corrected chi connectivity index (χ2v) is 5.40. The summed E-state index contributed by atoms with van der Waals surface area (Å²) in [6, 6.07) is 9.41. The summed E-state index contributed by atoms with van der Waals surface area (Å²) in [5, 5.41) is 3.03. The van der Waals surface area contributed by atoms with Crippen LogP contribution in [0.4, 0.5) is 0 Å². The number of methoxy groups -OCH3 is 1. The van der Waals surface area contributed by atoms with Gasteiger partial charge in [-0.05, 0) is 26.5 Å². The van der Waals surface area contributed by atoms with E-state index in [1.165, 1.54) is 7.11 Å². The number of esters is 2. The third-order valence-electron chi connectivity index (χ3n) is 3.61. The highest BCUT2D eigenvalue weighted by molar-refractivity contribution is 5.81. The molecule has 1 rings (SSSR count). The molecule has 1 atom stereocenters. The number of carbonyl (C=O) groups is 2. The zero-order chi connectivity index (χ0) is 15.9. The van der Waals surface area contributed by atoms with E-state index in [9.17, 15) is 9.59 Å². The van der Waals surface area contributed by atoms with Gasteiger partial charge in [0.25, 0.3) is 0 Å². The van der Waals surface area contributed by atoms with Crippen LogP contribution >= 0.6 is 0 Å². The first-order valence-electron chi connectivity index (χ1n) is 6.87. The topological polar surface area (TPSA) is 64.6 Å². The van der Waals surface area contributed by atoms with Gasteiger partial charge in [-0.1, -0.05) is 30.3 Å². The summed E-state index contributed by atoms with van der Waals surface area (Å²) in [5.41, 5.74) is 0.354. The molecule has 0 radical (unpaired) electrons. The highest BCUT2D eigenvalue weighted by Crippen LogP contribution is 2.22. The van der Waals surface area contributed by atoms with Crippen molar-refractivity contribution < 1.29 is 19.1 Å². The van der Waals surface area contributed by atoms with Gasteiger partial charge in [-0.2, -0.15) is 0 Å². The molecule has 1 N–H and O–H groups in total. The Morgan fingerprint density at radius 2 is 1.86 bits per heavy atom. The summed E-state index contributed by atoms with van der Waals surface area (Å²) in [4.78, 5) is 23.8. The van der Waals surface area contributed by atoms with Gasteiger partial charge in [-0.3, -0.25) is 9.59 Å². The Hall–Kier alpha value is -1.88. The first-order chi connectivity index (χ1) is 9.90. The lowest BCUT2D eigenvalue weighted by Crippen LogP contribution is -2.48. The van der Waals surface area contributed by atoms with Crippen LogP contribution in [0, 0.1) is 5.92 Å². The first kappa shape index (κ1) is 17.2. The first-order valence-corrected chi connectivity index (χ1v) is 6.87. The fourth-order valence-electron chi connectivity index (χ4n) is 1.91. The SMILES string of the molecule is CNC(C)(C)C(CC(=O)OCc1ccccc1)C(=O)OC. The van der Waals surface area contributed by atoms with Crippen LogP contribution in [0.1, 0.15) is 25.8 Å². The Balaban J connectivity index is 2.62. The maximum absolute atomic E-state index is 12.0. The Bertz CT molecular complexity index is 470. The van der Waals surface area contributed by atoms with Crippen LogP contribution in [0.25, 0.3) is 0 Å². The summed E-state index contributed by atoms with van der Waals surface area (Å²) in [6.07, 6.45) is -0.0205. The maximum atomic E-state index is 12.0. The molecule has 0 aliphatic carbocycles. The number of rotatable bonds is 7. The molecule has 1 unspecified atom stereocenters. The average Bonchev–Trinajstić information content (AvgIpc) is 2.50. The fraction of sp³-hybridized carbons (Fsp3) is 0.500. The fourth-order valence-corrected chi connectivity index (χ4v) is 1.91. The molecule has 1 aromatic carbocycles. The average molecular weight is 293 g/mol. The van der Waals surface area contributed by atoms with Crippen LogP contribution in [0.3, 0.4) is 0 Å². The molecule has 0 spiro atoms. The molecule has 0 fully saturated rings. The van der Waals surface area contributed by atoms with Crippen LogP contribution in [-0.4, -0.2) is 31.6 Å². The van der Waals surface area contributed by atoms with Crippen molar-refractivity contribution in [2.45, 2.75) is 32.4 Å². The van der Waals surface area contributed by atoms with E-state index in [-0.39, 0.29) is 13.0 Å². The molecule has 5 nitrogen and oxygen atoms in total. The molecule has 0 saturated carbocycles. The molecular formula is C16H23NO4. The third kappa shape index (κ3) is 5.19. The number of carbonyl (C=O) groups excluding carboxylic acids is 2. The largest absolute Gasteiger partial charge is 0.469 e. The second kappa shape index (κ2) is 7.78. The van der Waals surface area contributed by atoms with Crippen LogP contribution in [0.2, 0.25) is 0 Å². The van der Waals surface area contributed by atoms with E-state index in [2.05, 4.69) is 5.32 Å². The lowest BCUT2D eigenvalue weighted by molar-refractivity contribution is -0.156. The second-order valence-electron chi connectivity index (χ2n) is 5.40. The zero-order valence-electron chi connectivity index (χ0n) is 13.0. The monoisotopic (exact) mass is 293 g/mol. The van der Waals surface area contributed by atoms with Gasteiger partial charge in [0.05, 0.1) is 19.4 Å². The number of hydrogen-bond acceptors (Lipinski definition) is 5. The van der Waals surface area contributed by atoms with Crippen molar-refractivity contribution in [3.63, 3.8) is 0 Å². The smallest absolute Gasteiger partial charge is 0.311 e. The Labute approximate surface area is 125 Å². The van der Waals surface area contributed by atoms with Gasteiger partial charge in [0.1, 0.15) is 6.61 Å². The van der Waals surface area contributed by atoms with E-state index in [0.717, 1.165) is 5.56 Å². The normalized spacial score (nSPS) is 12.6. The Morgan fingerprint density at radius 1 is 1.24 bits per heavy atom. The van der Waals surface area contributed by atoms with E-state index >= 15 is 0 Å². The Kier molecular flexibility index (Phi) is 6.37. The van der Waals surface area contributed by atoms with Crippen molar-refractivity contribution in [1.82, 2.24) is 5.32 Å². The molecule has 0 heterocycles. The predicted octanol–water partition coefficient (Wildman–Crippen LogP) is 1.91. The molecule has 0 aliphatic rings. The predicted molar refractivity (Wildman–Crippen MR) is 79.5 cm³/mol. The number of benzene rings is 1. The molecule has 0 saturated heterocycles. The van der Waals surface area contributed by atoms with Gasteiger partial charge >= 0.3 is 11.9 Å². The molecule has 0 amide bonds. The van der Waals surface area contributed by atoms with Crippen LogP contribution in [0.15, 0.2) is 30.3 Å². The van der Waals surface area contributed by atoms with Crippen molar-refractivity contribution in [2.24, 2.45) is 5.92 Å². The molecule has 116 valence electrons. The molecule has 21 heavy (non-hydrogen) atoms. The number of nitrogens with one attached hydrogen (secondary N) is 1. The molecule has 0 aliphatic heterocycles. The van der Waals surface area contributed by atoms with Crippen LogP contribution in [-0.2, 0) is 25.7 Å². The van der Waals surface area contributed by atoms with Gasteiger partial charge in [-0.25, -0.2) is 0 Å². The van der Waals surface area contributed by atoms with E-state index in [0.29, 0.717) is 0 Å². The minimum absolute atomic E-state index is 0.0205. The molecule has 0 aromatic heterocycles. The number of ether oxygens (including phenoxy) is 2. The van der Waals surface area contributed by atoms with Gasteiger partial charge in [0.2, 0.25) is 0 Å². The summed E-state index contributed by atoms with van der Waals surface area (Å²) in [7, 11) is 3.06. The van der Waals surface area contributed by atoms with Crippen molar-refractivity contribution in [3.8, 4) is 0 Å². The maximum Gasteiger partial charge on any atom is 0.311 e. The van der Waals surface area contributed by atoms with E-state index < -0.39 is 23.4 Å². The van der Waals surface area contributed by atoms with E-state index in [1.807, 2.05) is 44.2 Å².